The van der Waals surface area contributed by atoms with E-state index < -0.39 is 0 Å². The molecule has 0 aromatic heterocycles. The summed E-state index contributed by atoms with van der Waals surface area (Å²) in [5.41, 5.74) is 1.35. The fourth-order valence-electron chi connectivity index (χ4n) is 3.82. The van der Waals surface area contributed by atoms with Crippen LogP contribution in [0.2, 0.25) is 0 Å². The Balaban J connectivity index is 1.79. The zero-order valence-electron chi connectivity index (χ0n) is 12.7. The summed E-state index contributed by atoms with van der Waals surface area (Å²) in [6.07, 6.45) is 6.38. The second kappa shape index (κ2) is 6.35. The van der Waals surface area contributed by atoms with Crippen LogP contribution in [-0.2, 0) is 6.54 Å². The van der Waals surface area contributed by atoms with Crippen LogP contribution in [0.25, 0.3) is 0 Å². The summed E-state index contributed by atoms with van der Waals surface area (Å²) in [6.45, 7) is 5.30. The number of nitrogens with zero attached hydrogens (tertiary/aromatic N) is 1. The van der Waals surface area contributed by atoms with E-state index in [4.69, 9.17) is 0 Å². The first kappa shape index (κ1) is 15.4. The van der Waals surface area contributed by atoms with Crippen molar-refractivity contribution in [1.82, 2.24) is 10.2 Å². The molecular weight excluding hydrogens is 331 g/mol. The summed E-state index contributed by atoms with van der Waals surface area (Å²) >= 11 is 3.40. The highest BCUT2D eigenvalue weighted by Gasteiger charge is 2.38. The molecule has 21 heavy (non-hydrogen) atoms. The van der Waals surface area contributed by atoms with Crippen LogP contribution in [0.3, 0.4) is 0 Å². The quantitative estimate of drug-likeness (QED) is 0.860. The van der Waals surface area contributed by atoms with Crippen molar-refractivity contribution in [2.75, 3.05) is 13.1 Å². The summed E-state index contributed by atoms with van der Waals surface area (Å²) < 4.78 is 14.3. The fraction of sp³-hybridized carbons (Fsp3) is 0.647. The summed E-state index contributed by atoms with van der Waals surface area (Å²) in [4.78, 5) is 2.53. The zero-order valence-corrected chi connectivity index (χ0v) is 14.3. The normalized spacial score (nSPS) is 26.1. The Morgan fingerprint density at radius 3 is 2.90 bits per heavy atom. The van der Waals surface area contributed by atoms with Crippen LogP contribution in [-0.4, -0.2) is 29.6 Å². The molecule has 1 aliphatic carbocycles. The highest BCUT2D eigenvalue weighted by atomic mass is 79.9. The topological polar surface area (TPSA) is 15.3 Å². The van der Waals surface area contributed by atoms with Gasteiger partial charge in [0, 0.05) is 24.7 Å². The third-order valence-electron chi connectivity index (χ3n) is 5.16. The summed E-state index contributed by atoms with van der Waals surface area (Å²) in [7, 11) is 0. The van der Waals surface area contributed by atoms with Gasteiger partial charge in [-0.3, -0.25) is 4.90 Å². The maximum atomic E-state index is 13.7. The van der Waals surface area contributed by atoms with Crippen LogP contribution in [0.15, 0.2) is 22.7 Å². The van der Waals surface area contributed by atoms with Gasteiger partial charge >= 0.3 is 0 Å². The van der Waals surface area contributed by atoms with Crippen molar-refractivity contribution in [1.29, 1.82) is 0 Å². The molecule has 2 fully saturated rings. The third kappa shape index (κ3) is 3.33. The molecule has 1 atom stereocenters. The SMILES string of the molecule is CC1CCNC2(CCCC2)CN1Cc1cccc(F)c1Br. The number of nitrogens with one attached hydrogen (secondary N) is 1. The van der Waals surface area contributed by atoms with Crippen molar-refractivity contribution < 1.29 is 4.39 Å². The minimum atomic E-state index is -0.163. The molecule has 116 valence electrons. The Hall–Kier alpha value is -0.450. The van der Waals surface area contributed by atoms with Crippen LogP contribution < -0.4 is 5.32 Å². The second-order valence-electron chi connectivity index (χ2n) is 6.67. The Morgan fingerprint density at radius 2 is 2.14 bits per heavy atom. The summed E-state index contributed by atoms with van der Waals surface area (Å²) in [5.74, 6) is -0.163. The molecular formula is C17H24BrFN2. The molecule has 1 N–H and O–H groups in total. The maximum Gasteiger partial charge on any atom is 0.137 e. The van der Waals surface area contributed by atoms with Gasteiger partial charge in [-0.05, 0) is 60.3 Å². The Bertz CT molecular complexity index is 500. The highest BCUT2D eigenvalue weighted by Crippen LogP contribution is 2.34. The largest absolute Gasteiger partial charge is 0.310 e. The van der Waals surface area contributed by atoms with E-state index in [0.717, 1.165) is 31.6 Å². The van der Waals surface area contributed by atoms with Crippen LogP contribution in [0.4, 0.5) is 4.39 Å². The van der Waals surface area contributed by atoms with Gasteiger partial charge in [-0.1, -0.05) is 25.0 Å². The summed E-state index contributed by atoms with van der Waals surface area (Å²) in [6, 6.07) is 5.88. The molecule has 1 aromatic carbocycles. The smallest absolute Gasteiger partial charge is 0.137 e. The fourth-order valence-corrected chi connectivity index (χ4v) is 4.21. The second-order valence-corrected chi connectivity index (χ2v) is 7.46. The van der Waals surface area contributed by atoms with Gasteiger partial charge in [0.2, 0.25) is 0 Å². The molecule has 0 bridgehead atoms. The molecule has 1 unspecified atom stereocenters. The molecule has 3 rings (SSSR count). The monoisotopic (exact) mass is 354 g/mol. The lowest BCUT2D eigenvalue weighted by molar-refractivity contribution is 0.160. The Kier molecular flexibility index (Phi) is 4.67. The van der Waals surface area contributed by atoms with Crippen molar-refractivity contribution in [2.24, 2.45) is 0 Å². The average molecular weight is 355 g/mol. The van der Waals surface area contributed by atoms with E-state index in [-0.39, 0.29) is 5.82 Å². The van der Waals surface area contributed by atoms with E-state index in [1.807, 2.05) is 12.1 Å². The zero-order chi connectivity index (χ0) is 14.9. The standard InChI is InChI=1S/C17H24BrFN2/c1-13-7-10-20-17(8-2-3-9-17)12-21(13)11-14-5-4-6-15(19)16(14)18/h4-6,13,20H,2-3,7-12H2,1H3. The number of hydrogen-bond acceptors (Lipinski definition) is 2. The van der Waals surface area contributed by atoms with Crippen molar-refractivity contribution in [3.63, 3.8) is 0 Å². The Morgan fingerprint density at radius 1 is 1.38 bits per heavy atom. The number of halogens is 2. The van der Waals surface area contributed by atoms with Crippen molar-refractivity contribution in [2.45, 2.75) is 57.2 Å². The lowest BCUT2D eigenvalue weighted by Gasteiger charge is -2.35. The summed E-state index contributed by atoms with van der Waals surface area (Å²) in [5, 5.41) is 3.80. The molecule has 0 radical (unpaired) electrons. The van der Waals surface area contributed by atoms with Crippen LogP contribution >= 0.6 is 15.9 Å². The minimum absolute atomic E-state index is 0.163. The van der Waals surface area contributed by atoms with Crippen molar-refractivity contribution in [3.8, 4) is 0 Å². The molecule has 2 aliphatic rings. The van der Waals surface area contributed by atoms with Crippen molar-refractivity contribution in [3.05, 3.63) is 34.1 Å². The molecule has 1 saturated carbocycles. The van der Waals surface area contributed by atoms with Crippen LogP contribution in [0.5, 0.6) is 0 Å². The predicted octanol–water partition coefficient (Wildman–Crippen LogP) is 4.08. The number of hydrogen-bond donors (Lipinski definition) is 1. The molecule has 1 aromatic rings. The van der Waals surface area contributed by atoms with Gasteiger partial charge in [-0.25, -0.2) is 4.39 Å². The minimum Gasteiger partial charge on any atom is -0.310 e. The van der Waals surface area contributed by atoms with Crippen molar-refractivity contribution >= 4 is 15.9 Å². The van der Waals surface area contributed by atoms with E-state index in [2.05, 4.69) is 33.1 Å². The van der Waals surface area contributed by atoms with Crippen LogP contribution in [0.1, 0.15) is 44.6 Å². The van der Waals surface area contributed by atoms with Gasteiger partial charge in [-0.2, -0.15) is 0 Å². The van der Waals surface area contributed by atoms with Crippen LogP contribution in [0, 0.1) is 5.82 Å². The highest BCUT2D eigenvalue weighted by molar-refractivity contribution is 9.10. The molecule has 1 heterocycles. The lowest BCUT2D eigenvalue weighted by Crippen LogP contribution is -2.50. The third-order valence-corrected chi connectivity index (χ3v) is 6.04. The number of benzene rings is 1. The molecule has 1 aliphatic heterocycles. The molecule has 2 nitrogen and oxygen atoms in total. The van der Waals surface area contributed by atoms with Gasteiger partial charge < -0.3 is 5.32 Å². The van der Waals surface area contributed by atoms with Gasteiger partial charge in [0.25, 0.3) is 0 Å². The first-order valence-electron chi connectivity index (χ1n) is 8.02. The van der Waals surface area contributed by atoms with E-state index in [1.54, 1.807) is 0 Å². The molecule has 1 spiro atoms. The van der Waals surface area contributed by atoms with E-state index >= 15 is 0 Å². The molecule has 4 heteroatoms. The molecule has 0 amide bonds. The van der Waals surface area contributed by atoms with Gasteiger partial charge in [0.15, 0.2) is 0 Å². The van der Waals surface area contributed by atoms with Gasteiger partial charge in [0.05, 0.1) is 4.47 Å². The molecule has 1 saturated heterocycles. The van der Waals surface area contributed by atoms with Gasteiger partial charge in [-0.15, -0.1) is 0 Å². The predicted molar refractivity (Wildman–Crippen MR) is 87.8 cm³/mol. The van der Waals surface area contributed by atoms with E-state index in [0.29, 0.717) is 16.1 Å². The maximum absolute atomic E-state index is 13.7. The first-order chi connectivity index (χ1) is 10.1. The lowest BCUT2D eigenvalue weighted by atomic mass is 9.96. The average Bonchev–Trinajstić information content (AvgIpc) is 2.85. The number of rotatable bonds is 2. The van der Waals surface area contributed by atoms with Gasteiger partial charge in [0.1, 0.15) is 5.82 Å². The van der Waals surface area contributed by atoms with E-state index in [1.165, 1.54) is 31.7 Å². The first-order valence-corrected chi connectivity index (χ1v) is 8.81. The van der Waals surface area contributed by atoms with E-state index in [9.17, 15) is 4.39 Å². The Labute approximate surface area is 135 Å².